The van der Waals surface area contributed by atoms with Crippen LogP contribution in [0.4, 0.5) is 10.6 Å². The van der Waals surface area contributed by atoms with Gasteiger partial charge in [-0.1, -0.05) is 6.07 Å². The third kappa shape index (κ3) is 3.11. The first-order valence-electron chi connectivity index (χ1n) is 7.64. The van der Waals surface area contributed by atoms with E-state index in [1.807, 2.05) is 13.8 Å². The Morgan fingerprint density at radius 2 is 2.16 bits per heavy atom. The summed E-state index contributed by atoms with van der Waals surface area (Å²) in [6, 6.07) is 4.72. The Kier molecular flexibility index (Phi) is 4.29. The van der Waals surface area contributed by atoms with Crippen LogP contribution in [0.15, 0.2) is 35.4 Å². The Labute approximate surface area is 142 Å². The fourth-order valence-corrected chi connectivity index (χ4v) is 2.39. The predicted octanol–water partition coefficient (Wildman–Crippen LogP) is 1.64. The molecule has 0 aromatic carbocycles. The number of nitrogens with zero attached hydrogens (tertiary/aromatic N) is 3. The van der Waals surface area contributed by atoms with E-state index < -0.39 is 6.03 Å². The summed E-state index contributed by atoms with van der Waals surface area (Å²) in [5.74, 6) is 0.613. The van der Waals surface area contributed by atoms with Crippen LogP contribution in [0.5, 0.6) is 0 Å². The molecular weight excluding hydrogens is 322 g/mol. The van der Waals surface area contributed by atoms with Crippen molar-refractivity contribution in [2.45, 2.75) is 19.9 Å². The molecule has 0 spiro atoms. The summed E-state index contributed by atoms with van der Waals surface area (Å²) in [6.07, 6.45) is 3.98. The van der Waals surface area contributed by atoms with Gasteiger partial charge < -0.3 is 10.7 Å². The lowest BCUT2D eigenvalue weighted by atomic mass is 10.2. The summed E-state index contributed by atoms with van der Waals surface area (Å²) in [4.78, 5) is 32.7. The van der Waals surface area contributed by atoms with Gasteiger partial charge in [0.05, 0.1) is 16.5 Å². The maximum atomic E-state index is 12.6. The number of anilines is 1. The van der Waals surface area contributed by atoms with Gasteiger partial charge in [0.15, 0.2) is 5.82 Å². The van der Waals surface area contributed by atoms with Crippen molar-refractivity contribution in [3.63, 3.8) is 0 Å². The average Bonchev–Trinajstić information content (AvgIpc) is 2.92. The first-order valence-corrected chi connectivity index (χ1v) is 7.64. The van der Waals surface area contributed by atoms with E-state index in [0.717, 1.165) is 6.21 Å². The second-order valence-electron chi connectivity index (χ2n) is 5.65. The van der Waals surface area contributed by atoms with Gasteiger partial charge in [0.2, 0.25) is 0 Å². The number of urea groups is 1. The molecule has 0 radical (unpaired) electrons. The number of carbonyl (C=O) groups excluding carboxylic acids is 1. The molecule has 2 amide bonds. The number of aromatic amines is 1. The Morgan fingerprint density at radius 3 is 2.80 bits per heavy atom. The Balaban J connectivity index is 2.10. The van der Waals surface area contributed by atoms with Crippen LogP contribution in [0.3, 0.4) is 0 Å². The maximum Gasteiger partial charge on any atom is 0.320 e. The quantitative estimate of drug-likeness (QED) is 0.538. The van der Waals surface area contributed by atoms with Crippen LogP contribution >= 0.6 is 0 Å². The normalized spacial score (nSPS) is 10.8. The van der Waals surface area contributed by atoms with E-state index in [0.29, 0.717) is 22.3 Å². The fraction of sp³-hybridized carbons (Fsp3) is 0.188. The zero-order chi connectivity index (χ0) is 18.0. The van der Waals surface area contributed by atoms with E-state index in [-0.39, 0.29) is 17.4 Å². The van der Waals surface area contributed by atoms with Crippen LogP contribution in [0.1, 0.15) is 19.4 Å². The number of hydrogen-bond donors (Lipinski definition) is 4. The number of rotatable bonds is 4. The second-order valence-corrected chi connectivity index (χ2v) is 5.65. The molecule has 25 heavy (non-hydrogen) atoms. The van der Waals surface area contributed by atoms with Gasteiger partial charge in [0.25, 0.3) is 5.56 Å². The van der Waals surface area contributed by atoms with Gasteiger partial charge in [-0.15, -0.1) is 0 Å². The van der Waals surface area contributed by atoms with E-state index in [1.165, 1.54) is 10.9 Å². The molecule has 3 aromatic rings. The van der Waals surface area contributed by atoms with Crippen LogP contribution in [-0.4, -0.2) is 38.0 Å². The molecule has 128 valence electrons. The Bertz CT molecular complexity index is 989. The van der Waals surface area contributed by atoms with E-state index in [4.69, 9.17) is 5.41 Å². The highest BCUT2D eigenvalue weighted by Gasteiger charge is 2.17. The maximum absolute atomic E-state index is 12.6. The van der Waals surface area contributed by atoms with Gasteiger partial charge >= 0.3 is 6.03 Å². The first kappa shape index (κ1) is 16.4. The molecular formula is C16H17N7O2. The third-order valence-electron chi connectivity index (χ3n) is 3.45. The van der Waals surface area contributed by atoms with Gasteiger partial charge in [-0.25, -0.2) is 19.4 Å². The lowest BCUT2D eigenvalue weighted by Crippen LogP contribution is -2.34. The van der Waals surface area contributed by atoms with Gasteiger partial charge in [0.1, 0.15) is 5.82 Å². The number of carbonyl (C=O) groups is 1. The number of H-pyrrole nitrogens is 1. The lowest BCUT2D eigenvalue weighted by Gasteiger charge is -2.11. The van der Waals surface area contributed by atoms with Gasteiger partial charge in [-0.2, -0.15) is 0 Å². The van der Waals surface area contributed by atoms with E-state index in [1.54, 1.807) is 24.4 Å². The van der Waals surface area contributed by atoms with Crippen molar-refractivity contribution in [3.8, 4) is 5.82 Å². The average molecular weight is 339 g/mol. The van der Waals surface area contributed by atoms with Crippen molar-refractivity contribution in [3.05, 3.63) is 46.5 Å². The van der Waals surface area contributed by atoms with Crippen molar-refractivity contribution in [1.29, 1.82) is 5.41 Å². The van der Waals surface area contributed by atoms with Crippen LogP contribution < -0.4 is 16.2 Å². The Morgan fingerprint density at radius 1 is 1.36 bits per heavy atom. The molecule has 3 heterocycles. The summed E-state index contributed by atoms with van der Waals surface area (Å²) in [6.45, 7) is 3.66. The first-order chi connectivity index (χ1) is 12.0. The molecule has 0 aliphatic rings. The molecule has 0 aliphatic heterocycles. The molecule has 0 saturated heterocycles. The molecule has 3 rings (SSSR count). The molecule has 0 atom stereocenters. The smallest absolute Gasteiger partial charge is 0.320 e. The van der Waals surface area contributed by atoms with Gasteiger partial charge in [0, 0.05) is 24.7 Å². The zero-order valence-corrected chi connectivity index (χ0v) is 13.7. The molecule has 9 nitrogen and oxygen atoms in total. The summed E-state index contributed by atoms with van der Waals surface area (Å²) in [5, 5.41) is 16.2. The highest BCUT2D eigenvalue weighted by atomic mass is 16.2. The Hall–Kier alpha value is -3.49. The SMILES string of the molecule is CC(C)NC(=O)Nc1ncc2c(=O)n(-c3ccccn3)[nH]c2c1C=N. The van der Waals surface area contributed by atoms with Crippen LogP contribution in [0.2, 0.25) is 0 Å². The van der Waals surface area contributed by atoms with Crippen LogP contribution in [0, 0.1) is 5.41 Å². The van der Waals surface area contributed by atoms with E-state index in [2.05, 4.69) is 25.7 Å². The van der Waals surface area contributed by atoms with Crippen molar-refractivity contribution in [2.75, 3.05) is 5.32 Å². The monoisotopic (exact) mass is 339 g/mol. The topological polar surface area (TPSA) is 129 Å². The largest absolute Gasteiger partial charge is 0.336 e. The minimum absolute atomic E-state index is 0.0443. The van der Waals surface area contributed by atoms with Gasteiger partial charge in [-0.05, 0) is 26.0 Å². The molecule has 0 bridgehead atoms. The molecule has 0 aliphatic carbocycles. The number of amides is 2. The van der Waals surface area contributed by atoms with Crippen LogP contribution in [-0.2, 0) is 0 Å². The number of nitrogens with one attached hydrogen (secondary N) is 4. The van der Waals surface area contributed by atoms with Crippen molar-refractivity contribution in [1.82, 2.24) is 25.1 Å². The minimum atomic E-state index is -0.434. The number of hydrogen-bond acceptors (Lipinski definition) is 5. The summed E-state index contributed by atoms with van der Waals surface area (Å²) < 4.78 is 1.28. The van der Waals surface area contributed by atoms with Crippen molar-refractivity contribution >= 4 is 29.0 Å². The zero-order valence-electron chi connectivity index (χ0n) is 13.7. The summed E-state index contributed by atoms with van der Waals surface area (Å²) >= 11 is 0. The molecule has 0 saturated carbocycles. The second kappa shape index (κ2) is 6.56. The molecule has 0 unspecified atom stereocenters. The fourth-order valence-electron chi connectivity index (χ4n) is 2.39. The number of pyridine rings is 2. The molecule has 4 N–H and O–H groups in total. The highest BCUT2D eigenvalue weighted by molar-refractivity contribution is 6.04. The number of aromatic nitrogens is 4. The predicted molar refractivity (Wildman–Crippen MR) is 94.7 cm³/mol. The van der Waals surface area contributed by atoms with Crippen LogP contribution in [0.25, 0.3) is 16.7 Å². The van der Waals surface area contributed by atoms with E-state index >= 15 is 0 Å². The van der Waals surface area contributed by atoms with Gasteiger partial charge in [-0.3, -0.25) is 15.2 Å². The standard InChI is InChI=1S/C16H17N7O2/c1-9(2)20-16(25)21-14-10(7-17)13-11(8-19-14)15(24)23(22-13)12-5-3-4-6-18-12/h3-9,17,22H,1-2H3,(H2,19,20,21,25). The van der Waals surface area contributed by atoms with Crippen molar-refractivity contribution < 1.29 is 4.79 Å². The minimum Gasteiger partial charge on any atom is -0.336 e. The molecule has 0 fully saturated rings. The number of fused-ring (bicyclic) bond motifs is 1. The summed E-state index contributed by atoms with van der Waals surface area (Å²) in [7, 11) is 0. The van der Waals surface area contributed by atoms with E-state index in [9.17, 15) is 9.59 Å². The molecule has 3 aromatic heterocycles. The lowest BCUT2D eigenvalue weighted by molar-refractivity contribution is 0.250. The third-order valence-corrected chi connectivity index (χ3v) is 3.45. The highest BCUT2D eigenvalue weighted by Crippen LogP contribution is 2.19. The molecule has 9 heteroatoms. The summed E-state index contributed by atoms with van der Waals surface area (Å²) in [5.41, 5.74) is 0.381. The van der Waals surface area contributed by atoms with Crippen molar-refractivity contribution in [2.24, 2.45) is 0 Å².